The number of aryl methyl sites for hydroxylation is 1. The van der Waals surface area contributed by atoms with Gasteiger partial charge in [0, 0.05) is 41.2 Å². The Bertz CT molecular complexity index is 1200. The molecule has 2 heterocycles. The van der Waals surface area contributed by atoms with Gasteiger partial charge >= 0.3 is 0 Å². The minimum atomic E-state index is -0.505. The van der Waals surface area contributed by atoms with Gasteiger partial charge in [0.25, 0.3) is 17.6 Å². The molecule has 1 aliphatic rings. The molecule has 2 aromatic carbocycles. The van der Waals surface area contributed by atoms with Gasteiger partial charge in [-0.25, -0.2) is 0 Å². The number of benzene rings is 2. The summed E-state index contributed by atoms with van der Waals surface area (Å²) in [6.07, 6.45) is 3.04. The van der Waals surface area contributed by atoms with Crippen LogP contribution in [0.15, 0.2) is 47.1 Å². The number of hydrogen-bond donors (Lipinski definition) is 2. The van der Waals surface area contributed by atoms with Gasteiger partial charge in [-0.3, -0.25) is 14.4 Å². The third-order valence-corrected chi connectivity index (χ3v) is 6.71. The third-order valence-electron chi connectivity index (χ3n) is 5.90. The van der Waals surface area contributed by atoms with Crippen molar-refractivity contribution in [3.8, 4) is 0 Å². The average molecular weight is 517 g/mol. The third kappa shape index (κ3) is 4.74. The highest BCUT2D eigenvalue weighted by molar-refractivity contribution is 9.10. The topological polar surface area (TPSA) is 82.3 Å². The highest BCUT2D eigenvalue weighted by atomic mass is 79.9. The quantitative estimate of drug-likeness (QED) is 0.379. The number of rotatable bonds is 5. The van der Waals surface area contributed by atoms with Crippen LogP contribution in [-0.4, -0.2) is 47.1 Å². The van der Waals surface area contributed by atoms with Gasteiger partial charge < -0.3 is 15.2 Å². The van der Waals surface area contributed by atoms with Gasteiger partial charge in [0.1, 0.15) is 0 Å². The molecule has 3 aromatic rings. The van der Waals surface area contributed by atoms with E-state index in [2.05, 4.69) is 26.2 Å². The maximum absolute atomic E-state index is 12.8. The summed E-state index contributed by atoms with van der Waals surface area (Å²) in [5.74, 6) is -0.949. The predicted octanol–water partition coefficient (Wildman–Crippen LogP) is 4.74. The summed E-state index contributed by atoms with van der Waals surface area (Å²) in [5, 5.41) is 4.10. The van der Waals surface area contributed by atoms with Gasteiger partial charge in [0.05, 0.1) is 16.1 Å². The number of halogens is 2. The monoisotopic (exact) mass is 515 g/mol. The molecule has 1 saturated heterocycles. The van der Waals surface area contributed by atoms with E-state index in [9.17, 15) is 14.4 Å². The molecule has 0 bridgehead atoms. The number of nitrogens with zero attached hydrogens (tertiary/aromatic N) is 1. The molecule has 0 spiro atoms. The summed E-state index contributed by atoms with van der Waals surface area (Å²) in [5.41, 5.74) is 2.65. The average Bonchev–Trinajstić information content (AvgIpc) is 3.20. The van der Waals surface area contributed by atoms with Crippen LogP contribution in [0.25, 0.3) is 10.9 Å². The van der Waals surface area contributed by atoms with Gasteiger partial charge in [-0.1, -0.05) is 33.6 Å². The van der Waals surface area contributed by atoms with Gasteiger partial charge in [-0.15, -0.1) is 0 Å². The fraction of sp³-hybridized carbons (Fsp3) is 0.292. The number of piperidine rings is 1. The van der Waals surface area contributed by atoms with Crippen LogP contribution < -0.4 is 5.32 Å². The van der Waals surface area contributed by atoms with Crippen molar-refractivity contribution < 1.29 is 14.4 Å². The van der Waals surface area contributed by atoms with E-state index in [1.807, 2.05) is 31.2 Å². The molecular formula is C24H23BrClN3O3. The number of hydrogen-bond acceptors (Lipinski definition) is 3. The van der Waals surface area contributed by atoms with Crippen molar-refractivity contribution in [2.24, 2.45) is 5.92 Å². The smallest absolute Gasteiger partial charge is 0.295 e. The molecule has 1 aromatic heterocycles. The largest absolute Gasteiger partial charge is 0.360 e. The Balaban J connectivity index is 1.32. The van der Waals surface area contributed by atoms with E-state index in [1.54, 1.807) is 23.2 Å². The molecule has 0 unspecified atom stereocenters. The molecule has 2 amide bonds. The number of fused-ring (bicyclic) bond motifs is 1. The lowest BCUT2D eigenvalue weighted by molar-refractivity contribution is -0.127. The van der Waals surface area contributed by atoms with Crippen LogP contribution >= 0.6 is 27.5 Å². The van der Waals surface area contributed by atoms with Gasteiger partial charge in [-0.2, -0.15) is 0 Å². The van der Waals surface area contributed by atoms with Crippen molar-refractivity contribution >= 4 is 56.0 Å². The number of aromatic nitrogens is 1. The highest BCUT2D eigenvalue weighted by Gasteiger charge is 2.29. The zero-order chi connectivity index (χ0) is 22.8. The van der Waals surface area contributed by atoms with Crippen molar-refractivity contribution in [1.29, 1.82) is 0 Å². The van der Waals surface area contributed by atoms with E-state index < -0.39 is 11.7 Å². The fourth-order valence-corrected chi connectivity index (χ4v) is 4.70. The van der Waals surface area contributed by atoms with Crippen LogP contribution in [0, 0.1) is 12.8 Å². The summed E-state index contributed by atoms with van der Waals surface area (Å²) in [6, 6.07) is 10.9. The van der Waals surface area contributed by atoms with Crippen molar-refractivity contribution in [2.75, 3.05) is 19.6 Å². The van der Waals surface area contributed by atoms with Crippen molar-refractivity contribution in [3.05, 3.63) is 68.8 Å². The summed E-state index contributed by atoms with van der Waals surface area (Å²) in [6.45, 7) is 3.41. The molecule has 8 heteroatoms. The van der Waals surface area contributed by atoms with Crippen molar-refractivity contribution in [2.45, 2.75) is 19.8 Å². The molecule has 166 valence electrons. The second kappa shape index (κ2) is 9.46. The molecule has 0 atom stereocenters. The Morgan fingerprint density at radius 3 is 2.59 bits per heavy atom. The highest BCUT2D eigenvalue weighted by Crippen LogP contribution is 2.25. The molecule has 4 rings (SSSR count). The van der Waals surface area contributed by atoms with Crippen LogP contribution in [0.4, 0.5) is 0 Å². The number of H-pyrrole nitrogens is 1. The number of aromatic amines is 1. The second-order valence-corrected chi connectivity index (χ2v) is 9.47. The van der Waals surface area contributed by atoms with E-state index in [0.717, 1.165) is 33.8 Å². The molecule has 0 saturated carbocycles. The van der Waals surface area contributed by atoms with Crippen molar-refractivity contribution in [3.63, 3.8) is 0 Å². The first kappa shape index (κ1) is 22.6. The van der Waals surface area contributed by atoms with Gasteiger partial charge in [0.2, 0.25) is 0 Å². The number of ketones is 1. The zero-order valence-corrected chi connectivity index (χ0v) is 19.9. The zero-order valence-electron chi connectivity index (χ0n) is 17.6. The van der Waals surface area contributed by atoms with E-state index in [1.165, 1.54) is 0 Å². The Hall–Kier alpha value is -2.64. The Labute approximate surface area is 199 Å². The number of Topliss-reactive ketones (excluding diaryl/α,β-unsaturated/α-hetero) is 1. The lowest BCUT2D eigenvalue weighted by Crippen LogP contribution is -2.44. The first-order chi connectivity index (χ1) is 15.3. The van der Waals surface area contributed by atoms with Crippen LogP contribution in [0.1, 0.15) is 39.1 Å². The second-order valence-electron chi connectivity index (χ2n) is 8.15. The number of carbonyl (C=O) groups excluding carboxylic acids is 3. The summed E-state index contributed by atoms with van der Waals surface area (Å²) >= 11 is 9.58. The van der Waals surface area contributed by atoms with E-state index >= 15 is 0 Å². The minimum absolute atomic E-state index is 0.200. The fourth-order valence-electron chi connectivity index (χ4n) is 4.02. The van der Waals surface area contributed by atoms with Gasteiger partial charge in [0.15, 0.2) is 0 Å². The summed E-state index contributed by atoms with van der Waals surface area (Å²) in [4.78, 5) is 42.7. The molecule has 0 aliphatic carbocycles. The predicted molar refractivity (Wildman–Crippen MR) is 128 cm³/mol. The summed E-state index contributed by atoms with van der Waals surface area (Å²) < 4.78 is 0.848. The SMILES string of the molecule is Cc1ccc(C(=O)NCC2CCN(C(=O)C(=O)c3c[nH]c4ccc(Br)cc34)CC2)c(Cl)c1. The first-order valence-corrected chi connectivity index (χ1v) is 11.6. The van der Waals surface area contributed by atoms with Crippen LogP contribution in [0.3, 0.4) is 0 Å². The summed E-state index contributed by atoms with van der Waals surface area (Å²) in [7, 11) is 0. The van der Waals surface area contributed by atoms with Crippen LogP contribution in [-0.2, 0) is 4.79 Å². The maximum Gasteiger partial charge on any atom is 0.295 e. The van der Waals surface area contributed by atoms with Crippen molar-refractivity contribution in [1.82, 2.24) is 15.2 Å². The number of carbonyl (C=O) groups is 3. The molecule has 1 fully saturated rings. The number of likely N-dealkylation sites (tertiary alicyclic amines) is 1. The minimum Gasteiger partial charge on any atom is -0.360 e. The normalized spacial score (nSPS) is 14.5. The lowest BCUT2D eigenvalue weighted by Gasteiger charge is -2.31. The Kier molecular flexibility index (Phi) is 6.67. The van der Waals surface area contributed by atoms with Gasteiger partial charge in [-0.05, 0) is 61.6 Å². The van der Waals surface area contributed by atoms with Crippen LogP contribution in [0.5, 0.6) is 0 Å². The number of amides is 2. The Morgan fingerprint density at radius 1 is 1.12 bits per heavy atom. The molecule has 32 heavy (non-hydrogen) atoms. The first-order valence-electron chi connectivity index (χ1n) is 10.5. The van der Waals surface area contributed by atoms with Crippen LogP contribution in [0.2, 0.25) is 5.02 Å². The molecular weight excluding hydrogens is 494 g/mol. The maximum atomic E-state index is 12.8. The van der Waals surface area contributed by atoms with E-state index in [4.69, 9.17) is 11.6 Å². The molecule has 1 aliphatic heterocycles. The standard InChI is InChI=1S/C24H23BrClN3O3/c1-14-2-4-17(20(26)10-14)23(31)28-12-15-6-8-29(9-7-15)24(32)22(30)19-13-27-21-5-3-16(25)11-18(19)21/h2-5,10-11,13,15,27H,6-9,12H2,1H3,(H,28,31). The molecule has 6 nitrogen and oxygen atoms in total. The molecule has 0 radical (unpaired) electrons. The number of nitrogens with one attached hydrogen (secondary N) is 2. The Morgan fingerprint density at radius 2 is 1.88 bits per heavy atom. The molecule has 2 N–H and O–H groups in total. The van der Waals surface area contributed by atoms with E-state index in [-0.39, 0.29) is 11.8 Å². The lowest BCUT2D eigenvalue weighted by atomic mass is 9.96. The van der Waals surface area contributed by atoms with E-state index in [0.29, 0.717) is 35.8 Å².